The van der Waals surface area contributed by atoms with Gasteiger partial charge in [-0.25, -0.2) is 4.98 Å². The Morgan fingerprint density at radius 1 is 1.20 bits per heavy atom. The van der Waals surface area contributed by atoms with Crippen molar-refractivity contribution in [3.63, 3.8) is 0 Å². The highest BCUT2D eigenvalue weighted by molar-refractivity contribution is 9.10. The van der Waals surface area contributed by atoms with Crippen molar-refractivity contribution in [2.75, 3.05) is 0 Å². The minimum atomic E-state index is 0.0872. The number of hydrogen-bond acceptors (Lipinski definition) is 3. The van der Waals surface area contributed by atoms with Crippen LogP contribution in [0, 0.1) is 0 Å². The third-order valence-corrected chi connectivity index (χ3v) is 5.55. The van der Waals surface area contributed by atoms with E-state index in [0.717, 1.165) is 20.4 Å². The van der Waals surface area contributed by atoms with Gasteiger partial charge in [0, 0.05) is 21.2 Å². The van der Waals surface area contributed by atoms with Crippen LogP contribution < -0.4 is 5.73 Å². The average Bonchev–Trinajstić information content (AvgIpc) is 2.47. The molecular weight excluding hydrogens is 400 g/mol. The molecule has 106 valence electrons. The third-order valence-electron chi connectivity index (χ3n) is 3.02. The summed E-state index contributed by atoms with van der Waals surface area (Å²) in [5, 5.41) is 1.17. The van der Waals surface area contributed by atoms with Gasteiger partial charge in [-0.05, 0) is 46.1 Å². The maximum Gasteiger partial charge on any atom is 0.0967 e. The van der Waals surface area contributed by atoms with E-state index in [0.29, 0.717) is 0 Å². The maximum atomic E-state index is 6.32. The second kappa shape index (κ2) is 7.59. The summed E-state index contributed by atoms with van der Waals surface area (Å²) in [6.45, 7) is 2.12. The van der Waals surface area contributed by atoms with Gasteiger partial charge in [0.15, 0.2) is 0 Å². The number of thioether (sulfide) groups is 1. The summed E-state index contributed by atoms with van der Waals surface area (Å²) in [5.41, 5.74) is 7.54. The molecule has 2 rings (SSSR count). The molecule has 20 heavy (non-hydrogen) atoms. The van der Waals surface area contributed by atoms with Crippen molar-refractivity contribution < 1.29 is 0 Å². The molecule has 0 aliphatic carbocycles. The zero-order valence-corrected chi connectivity index (χ0v) is 15.1. The van der Waals surface area contributed by atoms with E-state index in [-0.39, 0.29) is 11.3 Å². The summed E-state index contributed by atoms with van der Waals surface area (Å²) in [6.07, 6.45) is 2.74. The van der Waals surface area contributed by atoms with Crippen molar-refractivity contribution in [3.05, 3.63) is 57.1 Å². The highest BCUT2D eigenvalue weighted by Gasteiger charge is 2.22. The van der Waals surface area contributed by atoms with Gasteiger partial charge in [0.25, 0.3) is 0 Å². The molecule has 1 aromatic carbocycles. The molecule has 5 heteroatoms. The quantitative estimate of drug-likeness (QED) is 0.684. The highest BCUT2D eigenvalue weighted by Crippen LogP contribution is 2.40. The van der Waals surface area contributed by atoms with E-state index < -0.39 is 0 Å². The third kappa shape index (κ3) is 4.07. The number of nitrogens with two attached hydrogens (primary N) is 1. The van der Waals surface area contributed by atoms with Crippen LogP contribution in [0.2, 0.25) is 0 Å². The smallest absolute Gasteiger partial charge is 0.0967 e. The summed E-state index contributed by atoms with van der Waals surface area (Å²) >= 11 is 8.74. The number of halogens is 2. The molecule has 1 heterocycles. The van der Waals surface area contributed by atoms with Crippen LogP contribution in [0.25, 0.3) is 0 Å². The minimum Gasteiger partial charge on any atom is -0.326 e. The van der Waals surface area contributed by atoms with Gasteiger partial charge in [-0.3, -0.25) is 0 Å². The number of nitrogens with zero attached hydrogens (tertiary/aromatic N) is 1. The highest BCUT2D eigenvalue weighted by atomic mass is 79.9. The van der Waals surface area contributed by atoms with E-state index >= 15 is 0 Å². The second-order valence-corrected chi connectivity index (χ2v) is 7.38. The lowest BCUT2D eigenvalue weighted by Gasteiger charge is -2.23. The summed E-state index contributed by atoms with van der Waals surface area (Å²) in [7, 11) is 0. The zero-order chi connectivity index (χ0) is 14.5. The van der Waals surface area contributed by atoms with Crippen LogP contribution in [0.15, 0.2) is 56.6 Å². The molecule has 0 amide bonds. The van der Waals surface area contributed by atoms with Crippen LogP contribution in [0.5, 0.6) is 0 Å². The molecule has 0 saturated carbocycles. The largest absolute Gasteiger partial charge is 0.326 e. The molecule has 0 aliphatic heterocycles. The normalized spacial score (nSPS) is 14.0. The first-order valence-corrected chi connectivity index (χ1v) is 8.86. The molecule has 2 atom stereocenters. The molecule has 0 bridgehead atoms. The fourth-order valence-electron chi connectivity index (χ4n) is 1.86. The van der Waals surface area contributed by atoms with Crippen molar-refractivity contribution in [3.8, 4) is 0 Å². The molecule has 2 nitrogen and oxygen atoms in total. The van der Waals surface area contributed by atoms with E-state index in [4.69, 9.17) is 5.73 Å². The Morgan fingerprint density at radius 3 is 2.55 bits per heavy atom. The molecule has 2 unspecified atom stereocenters. The van der Waals surface area contributed by atoms with Gasteiger partial charge >= 0.3 is 0 Å². The summed E-state index contributed by atoms with van der Waals surface area (Å²) in [5.74, 6) is 0. The number of benzene rings is 1. The monoisotopic (exact) mass is 414 g/mol. The first kappa shape index (κ1) is 16.0. The van der Waals surface area contributed by atoms with Gasteiger partial charge < -0.3 is 5.73 Å². The minimum absolute atomic E-state index is 0.0872. The van der Waals surface area contributed by atoms with Gasteiger partial charge in [-0.1, -0.05) is 52.8 Å². The maximum absolute atomic E-state index is 6.32. The predicted octanol–water partition coefficient (Wildman–Crippen LogP) is 5.18. The summed E-state index contributed by atoms with van der Waals surface area (Å²) < 4.78 is 2.08. The Bertz CT molecular complexity index is 560. The van der Waals surface area contributed by atoms with Gasteiger partial charge in [-0.15, -0.1) is 0 Å². The van der Waals surface area contributed by atoms with Crippen LogP contribution in [0.4, 0.5) is 0 Å². The van der Waals surface area contributed by atoms with Gasteiger partial charge in [0.05, 0.1) is 10.3 Å². The van der Waals surface area contributed by atoms with Crippen LogP contribution in [0.1, 0.15) is 24.2 Å². The molecule has 0 spiro atoms. The lowest BCUT2D eigenvalue weighted by atomic mass is 10.0. The summed E-state index contributed by atoms with van der Waals surface area (Å²) in [6, 6.07) is 12.3. The van der Waals surface area contributed by atoms with E-state index in [1.807, 2.05) is 30.5 Å². The zero-order valence-electron chi connectivity index (χ0n) is 11.1. The standard InChI is InChI=1S/C15H16Br2N2S/c1-2-13(18)15(11-5-3-4-6-12(11)17)20-14-8-7-10(16)9-19-14/h3-9,13,15H,2,18H2,1H3. The molecule has 0 fully saturated rings. The molecular formula is C15H16Br2N2S. The Labute approximate surface area is 140 Å². The fraction of sp³-hybridized carbons (Fsp3) is 0.267. The molecule has 2 N–H and O–H groups in total. The molecule has 0 radical (unpaired) electrons. The molecule has 0 aliphatic rings. The number of rotatable bonds is 5. The molecule has 1 aromatic heterocycles. The topological polar surface area (TPSA) is 38.9 Å². The lowest BCUT2D eigenvalue weighted by molar-refractivity contribution is 0.632. The van der Waals surface area contributed by atoms with Crippen molar-refractivity contribution in [1.82, 2.24) is 4.98 Å². The Kier molecular flexibility index (Phi) is 6.08. The predicted molar refractivity (Wildman–Crippen MR) is 92.9 cm³/mol. The van der Waals surface area contributed by atoms with Crippen molar-refractivity contribution in [2.24, 2.45) is 5.73 Å². The number of pyridine rings is 1. The van der Waals surface area contributed by atoms with Gasteiger partial charge in [0.1, 0.15) is 0 Å². The van der Waals surface area contributed by atoms with Crippen LogP contribution >= 0.6 is 43.6 Å². The number of hydrogen-bond donors (Lipinski definition) is 1. The first-order chi connectivity index (χ1) is 9.61. The van der Waals surface area contributed by atoms with Crippen molar-refractivity contribution >= 4 is 43.6 Å². The van der Waals surface area contributed by atoms with Gasteiger partial charge in [-0.2, -0.15) is 0 Å². The second-order valence-electron chi connectivity index (χ2n) is 4.45. The van der Waals surface area contributed by atoms with Crippen LogP contribution in [-0.2, 0) is 0 Å². The lowest BCUT2D eigenvalue weighted by Crippen LogP contribution is -2.26. The Morgan fingerprint density at radius 2 is 1.95 bits per heavy atom. The Hall–Kier alpha value is -0.360. The SMILES string of the molecule is CCC(N)C(Sc1ccc(Br)cn1)c1ccccc1Br. The Balaban J connectivity index is 2.29. The molecule has 0 saturated heterocycles. The van der Waals surface area contributed by atoms with E-state index in [1.165, 1.54) is 5.56 Å². The number of aromatic nitrogens is 1. The van der Waals surface area contributed by atoms with E-state index in [1.54, 1.807) is 11.8 Å². The van der Waals surface area contributed by atoms with Crippen molar-refractivity contribution in [1.29, 1.82) is 0 Å². The molecule has 2 aromatic rings. The van der Waals surface area contributed by atoms with Gasteiger partial charge in [0.2, 0.25) is 0 Å². The average molecular weight is 416 g/mol. The van der Waals surface area contributed by atoms with Crippen LogP contribution in [0.3, 0.4) is 0 Å². The van der Waals surface area contributed by atoms with E-state index in [2.05, 4.69) is 55.9 Å². The van der Waals surface area contributed by atoms with Crippen molar-refractivity contribution in [2.45, 2.75) is 29.7 Å². The van der Waals surface area contributed by atoms with Crippen LogP contribution in [-0.4, -0.2) is 11.0 Å². The first-order valence-electron chi connectivity index (χ1n) is 6.40. The summed E-state index contributed by atoms with van der Waals surface area (Å²) in [4.78, 5) is 4.44. The fourth-order valence-corrected chi connectivity index (χ4v) is 4.00. The van der Waals surface area contributed by atoms with E-state index in [9.17, 15) is 0 Å².